The summed E-state index contributed by atoms with van der Waals surface area (Å²) in [5, 5.41) is 2.73. The molecule has 1 N–H and O–H groups in total. The number of hydrogen-bond donors (Lipinski definition) is 1. The van der Waals surface area contributed by atoms with Gasteiger partial charge < -0.3 is 14.8 Å². The van der Waals surface area contributed by atoms with Crippen molar-refractivity contribution in [1.29, 1.82) is 0 Å². The molecule has 5 heteroatoms. The average molecular weight is 265 g/mol. The summed E-state index contributed by atoms with van der Waals surface area (Å²) in [6.07, 6.45) is 0.313. The lowest BCUT2D eigenvalue weighted by Gasteiger charge is -2.06. The molecular formula is C14H19NO4. The quantitative estimate of drug-likeness (QED) is 0.606. The second kappa shape index (κ2) is 8.26. The first-order valence-corrected chi connectivity index (χ1v) is 6.32. The van der Waals surface area contributed by atoms with Crippen molar-refractivity contribution < 1.29 is 19.1 Å². The van der Waals surface area contributed by atoms with Crippen molar-refractivity contribution in [3.8, 4) is 0 Å². The fourth-order valence-electron chi connectivity index (χ4n) is 1.44. The molecule has 19 heavy (non-hydrogen) atoms. The van der Waals surface area contributed by atoms with Gasteiger partial charge in [-0.25, -0.2) is 4.79 Å². The van der Waals surface area contributed by atoms with Crippen LogP contribution in [0.5, 0.6) is 0 Å². The third kappa shape index (κ3) is 5.52. The van der Waals surface area contributed by atoms with Gasteiger partial charge >= 0.3 is 5.97 Å². The summed E-state index contributed by atoms with van der Waals surface area (Å²) >= 11 is 0. The number of amides is 1. The summed E-state index contributed by atoms with van der Waals surface area (Å²) in [5.74, 6) is -0.478. The van der Waals surface area contributed by atoms with Crippen LogP contribution in [-0.4, -0.2) is 31.7 Å². The van der Waals surface area contributed by atoms with Crippen molar-refractivity contribution in [3.05, 3.63) is 29.8 Å². The van der Waals surface area contributed by atoms with Crippen LogP contribution in [0.1, 0.15) is 30.6 Å². The number of anilines is 1. The Balaban J connectivity index is 2.47. The maximum atomic E-state index is 11.5. The van der Waals surface area contributed by atoms with Crippen LogP contribution in [0, 0.1) is 0 Å². The van der Waals surface area contributed by atoms with E-state index in [9.17, 15) is 9.59 Å². The highest BCUT2D eigenvalue weighted by atomic mass is 16.5. The lowest BCUT2D eigenvalue weighted by molar-refractivity contribution is -0.117. The van der Waals surface area contributed by atoms with Gasteiger partial charge in [-0.15, -0.1) is 0 Å². The number of carbonyl (C=O) groups excluding carboxylic acids is 2. The van der Waals surface area contributed by atoms with Crippen LogP contribution >= 0.6 is 0 Å². The number of benzene rings is 1. The van der Waals surface area contributed by atoms with Crippen molar-refractivity contribution in [2.45, 2.75) is 20.3 Å². The van der Waals surface area contributed by atoms with Gasteiger partial charge in [0.05, 0.1) is 25.2 Å². The number of carbonyl (C=O) groups is 2. The Bertz CT molecular complexity index is 414. The Labute approximate surface area is 112 Å². The van der Waals surface area contributed by atoms with E-state index in [1.807, 2.05) is 6.92 Å². The molecule has 0 unspecified atom stereocenters. The summed E-state index contributed by atoms with van der Waals surface area (Å²) in [4.78, 5) is 23.0. The van der Waals surface area contributed by atoms with Gasteiger partial charge in [-0.2, -0.15) is 0 Å². The van der Waals surface area contributed by atoms with Gasteiger partial charge in [0.2, 0.25) is 5.91 Å². The van der Waals surface area contributed by atoms with Crippen LogP contribution in [-0.2, 0) is 14.3 Å². The van der Waals surface area contributed by atoms with Crippen molar-refractivity contribution in [1.82, 2.24) is 0 Å². The standard InChI is InChI=1S/C14H19NO4/c1-3-18-10-9-13(16)15-12-7-5-11(6-8-12)14(17)19-4-2/h5-8H,3-4,9-10H2,1-2H3,(H,15,16). The van der Waals surface area contributed by atoms with E-state index in [4.69, 9.17) is 9.47 Å². The maximum absolute atomic E-state index is 11.5. The van der Waals surface area contributed by atoms with E-state index in [-0.39, 0.29) is 11.9 Å². The van der Waals surface area contributed by atoms with Crippen LogP contribution in [0.3, 0.4) is 0 Å². The monoisotopic (exact) mass is 265 g/mol. The molecule has 1 amide bonds. The largest absolute Gasteiger partial charge is 0.462 e. The van der Waals surface area contributed by atoms with Crippen LogP contribution in [0.2, 0.25) is 0 Å². The SMILES string of the molecule is CCOCCC(=O)Nc1ccc(C(=O)OCC)cc1. The molecule has 0 spiro atoms. The molecular weight excluding hydrogens is 246 g/mol. The Morgan fingerprint density at radius 3 is 2.37 bits per heavy atom. The fraction of sp³-hybridized carbons (Fsp3) is 0.429. The first kappa shape index (κ1) is 15.2. The van der Waals surface area contributed by atoms with Gasteiger partial charge in [0.25, 0.3) is 0 Å². The Kier molecular flexibility index (Phi) is 6.60. The Morgan fingerprint density at radius 1 is 1.11 bits per heavy atom. The third-order valence-corrected chi connectivity index (χ3v) is 2.36. The molecule has 1 rings (SSSR count). The van der Waals surface area contributed by atoms with Gasteiger partial charge in [-0.1, -0.05) is 0 Å². The fourth-order valence-corrected chi connectivity index (χ4v) is 1.44. The predicted molar refractivity (Wildman–Crippen MR) is 72.1 cm³/mol. The minimum atomic E-state index is -0.364. The summed E-state index contributed by atoms with van der Waals surface area (Å²) in [5.41, 5.74) is 1.11. The summed E-state index contributed by atoms with van der Waals surface area (Å²) in [7, 11) is 0. The summed E-state index contributed by atoms with van der Waals surface area (Å²) < 4.78 is 9.97. The number of rotatable bonds is 7. The molecule has 104 valence electrons. The van der Waals surface area contributed by atoms with Crippen LogP contribution in [0.4, 0.5) is 5.69 Å². The lowest BCUT2D eigenvalue weighted by Crippen LogP contribution is -2.14. The number of esters is 1. The van der Waals surface area contributed by atoms with Gasteiger partial charge in [0.1, 0.15) is 0 Å². The minimum Gasteiger partial charge on any atom is -0.462 e. The molecule has 0 aliphatic heterocycles. The topological polar surface area (TPSA) is 64.6 Å². The van der Waals surface area contributed by atoms with Gasteiger partial charge in [0, 0.05) is 12.3 Å². The second-order valence-corrected chi connectivity index (χ2v) is 3.79. The van der Waals surface area contributed by atoms with E-state index in [1.165, 1.54) is 0 Å². The molecule has 0 fully saturated rings. The highest BCUT2D eigenvalue weighted by Gasteiger charge is 2.07. The van der Waals surface area contributed by atoms with Crippen molar-refractivity contribution in [2.75, 3.05) is 25.1 Å². The predicted octanol–water partition coefficient (Wildman–Crippen LogP) is 2.23. The summed E-state index contributed by atoms with van der Waals surface area (Å²) in [6, 6.07) is 6.59. The maximum Gasteiger partial charge on any atom is 0.338 e. The van der Waals surface area contributed by atoms with E-state index in [1.54, 1.807) is 31.2 Å². The molecule has 0 atom stereocenters. The Morgan fingerprint density at radius 2 is 1.79 bits per heavy atom. The minimum absolute atomic E-state index is 0.114. The van der Waals surface area contributed by atoms with E-state index >= 15 is 0 Å². The molecule has 0 radical (unpaired) electrons. The molecule has 0 saturated heterocycles. The molecule has 5 nitrogen and oxygen atoms in total. The van der Waals surface area contributed by atoms with Gasteiger partial charge in [0.15, 0.2) is 0 Å². The first-order chi connectivity index (χ1) is 9.17. The van der Waals surface area contributed by atoms with Gasteiger partial charge in [-0.05, 0) is 38.1 Å². The van der Waals surface area contributed by atoms with E-state index < -0.39 is 0 Å². The Hall–Kier alpha value is -1.88. The van der Waals surface area contributed by atoms with Crippen molar-refractivity contribution in [3.63, 3.8) is 0 Å². The number of hydrogen-bond acceptors (Lipinski definition) is 4. The molecule has 0 aliphatic rings. The number of nitrogens with one attached hydrogen (secondary N) is 1. The van der Waals surface area contributed by atoms with E-state index in [2.05, 4.69) is 5.32 Å². The zero-order valence-electron chi connectivity index (χ0n) is 11.3. The lowest BCUT2D eigenvalue weighted by atomic mass is 10.2. The third-order valence-electron chi connectivity index (χ3n) is 2.36. The zero-order chi connectivity index (χ0) is 14.1. The van der Waals surface area contributed by atoms with Gasteiger partial charge in [-0.3, -0.25) is 4.79 Å². The van der Waals surface area contributed by atoms with Crippen molar-refractivity contribution >= 4 is 17.6 Å². The average Bonchev–Trinajstić information content (AvgIpc) is 2.40. The van der Waals surface area contributed by atoms with E-state index in [0.717, 1.165) is 0 Å². The zero-order valence-corrected chi connectivity index (χ0v) is 11.3. The van der Waals surface area contributed by atoms with Crippen LogP contribution < -0.4 is 5.32 Å². The highest BCUT2D eigenvalue weighted by molar-refractivity contribution is 5.93. The molecule has 1 aromatic carbocycles. The smallest absolute Gasteiger partial charge is 0.338 e. The molecule has 0 aliphatic carbocycles. The molecule has 0 bridgehead atoms. The second-order valence-electron chi connectivity index (χ2n) is 3.79. The number of ether oxygens (including phenoxy) is 2. The highest BCUT2D eigenvalue weighted by Crippen LogP contribution is 2.11. The molecule has 1 aromatic rings. The normalized spacial score (nSPS) is 10.0. The van der Waals surface area contributed by atoms with Crippen LogP contribution in [0.25, 0.3) is 0 Å². The van der Waals surface area contributed by atoms with Crippen molar-refractivity contribution in [2.24, 2.45) is 0 Å². The molecule has 0 aromatic heterocycles. The van der Waals surface area contributed by atoms with Crippen LogP contribution in [0.15, 0.2) is 24.3 Å². The molecule has 0 saturated carbocycles. The summed E-state index contributed by atoms with van der Waals surface area (Å²) in [6.45, 7) is 4.98. The van der Waals surface area contributed by atoms with E-state index in [0.29, 0.717) is 37.5 Å². The molecule has 0 heterocycles. The first-order valence-electron chi connectivity index (χ1n) is 6.32.